The summed E-state index contributed by atoms with van der Waals surface area (Å²) < 4.78 is 5.78. The molecule has 0 aliphatic carbocycles. The third kappa shape index (κ3) is 5.33. The van der Waals surface area contributed by atoms with E-state index in [9.17, 15) is 4.79 Å². The van der Waals surface area contributed by atoms with Crippen molar-refractivity contribution in [2.45, 2.75) is 12.5 Å². The van der Waals surface area contributed by atoms with Gasteiger partial charge in [0.2, 0.25) is 5.78 Å². The molecule has 0 radical (unpaired) electrons. The molecule has 1 aliphatic rings. The molecule has 0 amide bonds. The van der Waals surface area contributed by atoms with Gasteiger partial charge < -0.3 is 4.42 Å². The maximum atomic E-state index is 12.8. The number of rotatable bonds is 7. The minimum absolute atomic E-state index is 0.107. The molecule has 2 heterocycles. The third-order valence-electron chi connectivity index (χ3n) is 6.77. The van der Waals surface area contributed by atoms with Crippen LogP contribution in [0.15, 0.2) is 137 Å². The number of carbonyl (C=O) groups is 1. The SMILES string of the molecule is O=C(/C=C/c1ccc(N2N=C(c3ccccc3)CC2c2ccccc2)cc1)c1ccc(-c2ccccc2Cl)o1. The summed E-state index contributed by atoms with van der Waals surface area (Å²) in [5.74, 6) is 0.622. The summed E-state index contributed by atoms with van der Waals surface area (Å²) in [5.41, 5.74) is 6.08. The van der Waals surface area contributed by atoms with Gasteiger partial charge in [-0.2, -0.15) is 5.10 Å². The van der Waals surface area contributed by atoms with E-state index < -0.39 is 0 Å². The molecule has 1 aromatic heterocycles. The Hall–Kier alpha value is -4.67. The van der Waals surface area contributed by atoms with Gasteiger partial charge in [-0.25, -0.2) is 0 Å². The summed E-state index contributed by atoms with van der Waals surface area (Å²) in [5, 5.41) is 7.69. The van der Waals surface area contributed by atoms with Gasteiger partial charge in [-0.15, -0.1) is 0 Å². The molecule has 5 heteroatoms. The lowest BCUT2D eigenvalue weighted by atomic mass is 9.98. The number of ketones is 1. The van der Waals surface area contributed by atoms with Crippen LogP contribution in [0.3, 0.4) is 0 Å². The number of nitrogens with zero attached hydrogens (tertiary/aromatic N) is 2. The molecule has 1 aliphatic heterocycles. The predicted octanol–water partition coefficient (Wildman–Crippen LogP) is 8.85. The van der Waals surface area contributed by atoms with Gasteiger partial charge in [-0.1, -0.05) is 103 Å². The average molecular weight is 529 g/mol. The lowest BCUT2D eigenvalue weighted by Gasteiger charge is -2.24. The molecule has 4 aromatic carbocycles. The second-order valence-corrected chi connectivity index (χ2v) is 9.73. The normalized spacial score (nSPS) is 15.1. The maximum absolute atomic E-state index is 12.8. The molecule has 1 atom stereocenters. The Morgan fingerprint density at radius 2 is 1.51 bits per heavy atom. The summed E-state index contributed by atoms with van der Waals surface area (Å²) in [7, 11) is 0. The van der Waals surface area contributed by atoms with Gasteiger partial charge in [0.25, 0.3) is 0 Å². The van der Waals surface area contributed by atoms with Gasteiger partial charge >= 0.3 is 0 Å². The van der Waals surface area contributed by atoms with Crippen molar-refractivity contribution >= 4 is 34.9 Å². The number of hydrogen-bond acceptors (Lipinski definition) is 4. The third-order valence-corrected chi connectivity index (χ3v) is 7.10. The second kappa shape index (κ2) is 11.0. The highest BCUT2D eigenvalue weighted by molar-refractivity contribution is 6.33. The van der Waals surface area contributed by atoms with Gasteiger partial charge in [0.1, 0.15) is 5.76 Å². The van der Waals surface area contributed by atoms with Crippen LogP contribution in [0.5, 0.6) is 0 Å². The summed E-state index contributed by atoms with van der Waals surface area (Å²) in [6, 6.07) is 39.8. The molecule has 0 bridgehead atoms. The van der Waals surface area contributed by atoms with Crippen molar-refractivity contribution in [3.05, 3.63) is 155 Å². The molecular weight excluding hydrogens is 504 g/mol. The Labute approximate surface area is 232 Å². The van der Waals surface area contributed by atoms with E-state index in [-0.39, 0.29) is 17.6 Å². The molecule has 0 fully saturated rings. The fourth-order valence-corrected chi connectivity index (χ4v) is 4.99. The predicted molar refractivity (Wildman–Crippen MR) is 158 cm³/mol. The van der Waals surface area contributed by atoms with Gasteiger partial charge in [-0.05, 0) is 59.2 Å². The van der Waals surface area contributed by atoms with Crippen LogP contribution >= 0.6 is 11.6 Å². The van der Waals surface area contributed by atoms with Crippen molar-refractivity contribution in [1.82, 2.24) is 0 Å². The van der Waals surface area contributed by atoms with E-state index >= 15 is 0 Å². The molecule has 0 saturated carbocycles. The van der Waals surface area contributed by atoms with Crippen molar-refractivity contribution in [3.63, 3.8) is 0 Å². The van der Waals surface area contributed by atoms with Gasteiger partial charge in [0.05, 0.1) is 22.5 Å². The van der Waals surface area contributed by atoms with Crippen LogP contribution in [-0.4, -0.2) is 11.5 Å². The number of anilines is 1. The van der Waals surface area contributed by atoms with E-state index in [2.05, 4.69) is 41.4 Å². The molecule has 1 unspecified atom stereocenters. The zero-order valence-corrected chi connectivity index (χ0v) is 21.8. The molecule has 5 aromatic rings. The van der Waals surface area contributed by atoms with Crippen molar-refractivity contribution in [3.8, 4) is 11.3 Å². The maximum Gasteiger partial charge on any atom is 0.221 e. The summed E-state index contributed by atoms with van der Waals surface area (Å²) >= 11 is 6.26. The standard InChI is InChI=1S/C34H25ClN2O2/c35-29-14-8-7-13-28(29)33-21-22-34(39-33)32(38)20-17-24-15-18-27(19-16-24)37-31(26-11-5-2-6-12-26)23-30(36-37)25-9-3-1-4-10-25/h1-22,31H,23H2/b20-17+. The van der Waals surface area contributed by atoms with Crippen molar-refractivity contribution in [2.75, 3.05) is 5.01 Å². The van der Waals surface area contributed by atoms with Crippen LogP contribution in [0.25, 0.3) is 17.4 Å². The molecule has 6 rings (SSSR count). The molecule has 0 spiro atoms. The van der Waals surface area contributed by atoms with Crippen LogP contribution in [0.4, 0.5) is 5.69 Å². The summed E-state index contributed by atoms with van der Waals surface area (Å²) in [6.07, 6.45) is 4.14. The number of benzene rings is 4. The van der Waals surface area contributed by atoms with E-state index in [0.717, 1.165) is 34.5 Å². The van der Waals surface area contributed by atoms with Crippen molar-refractivity contribution < 1.29 is 9.21 Å². The van der Waals surface area contributed by atoms with E-state index in [1.165, 1.54) is 11.6 Å². The highest BCUT2D eigenvalue weighted by Crippen LogP contribution is 2.37. The molecule has 0 saturated heterocycles. The number of hydrazone groups is 1. The Morgan fingerprint density at radius 1 is 0.821 bits per heavy atom. The minimum Gasteiger partial charge on any atom is -0.453 e. The van der Waals surface area contributed by atoms with Crippen molar-refractivity contribution in [1.29, 1.82) is 0 Å². The fourth-order valence-electron chi connectivity index (χ4n) is 4.76. The Balaban J connectivity index is 1.21. The molecule has 0 N–H and O–H groups in total. The van der Waals surface area contributed by atoms with Crippen LogP contribution < -0.4 is 5.01 Å². The highest BCUT2D eigenvalue weighted by Gasteiger charge is 2.29. The number of allylic oxidation sites excluding steroid dienone is 1. The Bertz CT molecular complexity index is 1650. The van der Waals surface area contributed by atoms with Gasteiger partial charge in [-0.3, -0.25) is 9.80 Å². The topological polar surface area (TPSA) is 45.8 Å². The van der Waals surface area contributed by atoms with Crippen molar-refractivity contribution in [2.24, 2.45) is 5.10 Å². The Kier molecular flexibility index (Phi) is 6.94. The fraction of sp³-hybridized carbons (Fsp3) is 0.0588. The van der Waals surface area contributed by atoms with Gasteiger partial charge in [0.15, 0.2) is 5.76 Å². The quantitative estimate of drug-likeness (QED) is 0.156. The summed E-state index contributed by atoms with van der Waals surface area (Å²) in [4.78, 5) is 12.8. The first-order valence-electron chi connectivity index (χ1n) is 12.8. The van der Waals surface area contributed by atoms with E-state index in [4.69, 9.17) is 21.1 Å². The smallest absolute Gasteiger partial charge is 0.221 e. The highest BCUT2D eigenvalue weighted by atomic mass is 35.5. The van der Waals surface area contributed by atoms with Gasteiger partial charge in [0, 0.05) is 12.0 Å². The number of halogens is 1. The first kappa shape index (κ1) is 24.7. The van der Waals surface area contributed by atoms with Crippen LogP contribution in [0, 0.1) is 0 Å². The lowest BCUT2D eigenvalue weighted by Crippen LogP contribution is -2.18. The monoisotopic (exact) mass is 528 g/mol. The van der Waals surface area contributed by atoms with E-state index in [1.807, 2.05) is 66.7 Å². The zero-order valence-electron chi connectivity index (χ0n) is 21.1. The van der Waals surface area contributed by atoms with E-state index in [0.29, 0.717) is 10.8 Å². The first-order valence-corrected chi connectivity index (χ1v) is 13.2. The summed E-state index contributed by atoms with van der Waals surface area (Å²) in [6.45, 7) is 0. The molecular formula is C34H25ClN2O2. The first-order chi connectivity index (χ1) is 19.2. The number of carbonyl (C=O) groups excluding carboxylic acids is 1. The lowest BCUT2D eigenvalue weighted by molar-refractivity contribution is 0.102. The number of furan rings is 1. The van der Waals surface area contributed by atoms with Crippen LogP contribution in [0.2, 0.25) is 5.02 Å². The minimum atomic E-state index is -0.210. The zero-order chi connectivity index (χ0) is 26.6. The number of hydrogen-bond donors (Lipinski definition) is 0. The average Bonchev–Trinajstić information content (AvgIpc) is 3.66. The molecule has 39 heavy (non-hydrogen) atoms. The van der Waals surface area contributed by atoms with E-state index in [1.54, 1.807) is 24.3 Å². The van der Waals surface area contributed by atoms with Crippen LogP contribution in [-0.2, 0) is 0 Å². The molecule has 190 valence electrons. The Morgan fingerprint density at radius 3 is 2.26 bits per heavy atom. The largest absolute Gasteiger partial charge is 0.453 e. The second-order valence-electron chi connectivity index (χ2n) is 9.32. The van der Waals surface area contributed by atoms with Crippen LogP contribution in [0.1, 0.15) is 39.7 Å². The molecule has 4 nitrogen and oxygen atoms in total.